The van der Waals surface area contributed by atoms with E-state index in [0.717, 1.165) is 17.1 Å². The molecule has 2 aliphatic carbocycles. The minimum atomic E-state index is -0.385. The van der Waals surface area contributed by atoms with Gasteiger partial charge >= 0.3 is 0 Å². The lowest BCUT2D eigenvalue weighted by atomic mass is 9.55. The van der Waals surface area contributed by atoms with Gasteiger partial charge in [0, 0.05) is 42.6 Å². The number of hydrogen-bond donors (Lipinski definition) is 0. The van der Waals surface area contributed by atoms with Crippen LogP contribution in [-0.4, -0.2) is 0 Å². The van der Waals surface area contributed by atoms with Crippen molar-refractivity contribution in [3.05, 3.63) is 221 Å². The summed E-state index contributed by atoms with van der Waals surface area (Å²) >= 11 is 1.86. The van der Waals surface area contributed by atoms with Crippen LogP contribution in [0.1, 0.15) is 47.2 Å². The van der Waals surface area contributed by atoms with Crippen LogP contribution in [0.15, 0.2) is 188 Å². The maximum atomic E-state index is 2.45. The van der Waals surface area contributed by atoms with Crippen LogP contribution < -0.4 is 4.90 Å². The highest BCUT2D eigenvalue weighted by Crippen LogP contribution is 2.62. The van der Waals surface area contributed by atoms with Gasteiger partial charge in [-0.05, 0) is 110 Å². The predicted octanol–water partition coefficient (Wildman–Crippen LogP) is 14.2. The molecule has 0 N–H and O–H groups in total. The molecule has 1 heterocycles. The number of hydrogen-bond acceptors (Lipinski definition) is 2. The summed E-state index contributed by atoms with van der Waals surface area (Å²) in [5, 5.41) is 2.61. The van der Waals surface area contributed by atoms with E-state index in [4.69, 9.17) is 0 Å². The van der Waals surface area contributed by atoms with Gasteiger partial charge < -0.3 is 4.90 Å². The summed E-state index contributed by atoms with van der Waals surface area (Å²) in [7, 11) is 0. The summed E-state index contributed by atoms with van der Waals surface area (Å²) in [6.07, 6.45) is 0. The molecule has 0 saturated heterocycles. The molecule has 0 amide bonds. The second-order valence-corrected chi connectivity index (χ2v) is 16.4. The maximum Gasteiger partial charge on any atom is 0.0719 e. The topological polar surface area (TPSA) is 3.24 Å². The van der Waals surface area contributed by atoms with Gasteiger partial charge in [0.2, 0.25) is 0 Å². The molecule has 0 aliphatic heterocycles. The Morgan fingerprint density at radius 2 is 0.944 bits per heavy atom. The molecule has 1 nitrogen and oxygen atoms in total. The van der Waals surface area contributed by atoms with Crippen molar-refractivity contribution in [2.24, 2.45) is 0 Å². The summed E-state index contributed by atoms with van der Waals surface area (Å²) in [6, 6.07) is 70.1. The van der Waals surface area contributed by atoms with Gasteiger partial charge in [0.05, 0.1) is 5.41 Å². The first-order chi connectivity index (χ1) is 26.5. The molecule has 0 unspecified atom stereocenters. The third-order valence-corrected chi connectivity index (χ3v) is 13.3. The van der Waals surface area contributed by atoms with E-state index >= 15 is 0 Å². The number of nitrogens with zero attached hydrogens (tertiary/aromatic N) is 1. The predicted molar refractivity (Wildman–Crippen MR) is 229 cm³/mol. The molecular formula is C52H37NS. The minimum absolute atomic E-state index is 0.109. The first-order valence-corrected chi connectivity index (χ1v) is 19.7. The summed E-state index contributed by atoms with van der Waals surface area (Å²) in [5.41, 5.74) is 16.3. The Bertz CT molecular complexity index is 2880. The van der Waals surface area contributed by atoms with Gasteiger partial charge in [0.15, 0.2) is 0 Å². The van der Waals surface area contributed by atoms with Crippen molar-refractivity contribution in [2.75, 3.05) is 4.90 Å². The summed E-state index contributed by atoms with van der Waals surface area (Å²) in [6.45, 7) is 4.77. The molecule has 2 aliphatic rings. The molecular weight excluding hydrogens is 671 g/mol. The summed E-state index contributed by atoms with van der Waals surface area (Å²) in [4.78, 5) is 2.39. The van der Waals surface area contributed by atoms with Crippen LogP contribution in [0.5, 0.6) is 0 Å². The molecule has 0 fully saturated rings. The first kappa shape index (κ1) is 31.3. The zero-order valence-electron chi connectivity index (χ0n) is 30.3. The first-order valence-electron chi connectivity index (χ1n) is 18.8. The third-order valence-electron chi connectivity index (χ3n) is 12.1. The van der Waals surface area contributed by atoms with Crippen LogP contribution in [0, 0.1) is 0 Å². The van der Waals surface area contributed by atoms with Crippen LogP contribution in [0.2, 0.25) is 0 Å². The number of rotatable bonds is 4. The Kier molecular flexibility index (Phi) is 6.75. The van der Waals surface area contributed by atoms with E-state index in [0.29, 0.717) is 0 Å². The lowest BCUT2D eigenvalue weighted by Crippen LogP contribution is -2.40. The molecule has 256 valence electrons. The molecule has 0 saturated carbocycles. The van der Waals surface area contributed by atoms with Crippen molar-refractivity contribution in [3.8, 4) is 22.3 Å². The number of para-hydroxylation sites is 1. The molecule has 9 aromatic rings. The Labute approximate surface area is 320 Å². The van der Waals surface area contributed by atoms with Crippen LogP contribution >= 0.6 is 11.3 Å². The molecule has 1 aromatic heterocycles. The number of fused-ring (bicyclic) bond motifs is 12. The molecule has 54 heavy (non-hydrogen) atoms. The Morgan fingerprint density at radius 1 is 0.370 bits per heavy atom. The van der Waals surface area contributed by atoms with Gasteiger partial charge in [-0.25, -0.2) is 0 Å². The number of thiophene rings is 1. The van der Waals surface area contributed by atoms with Crippen molar-refractivity contribution >= 4 is 48.6 Å². The maximum absolute atomic E-state index is 2.45. The van der Waals surface area contributed by atoms with E-state index in [9.17, 15) is 0 Å². The lowest BCUT2D eigenvalue weighted by molar-refractivity contribution is 0.563. The Hall–Kier alpha value is -6.22. The van der Waals surface area contributed by atoms with Gasteiger partial charge in [0.1, 0.15) is 0 Å². The van der Waals surface area contributed by atoms with Gasteiger partial charge in [0.25, 0.3) is 0 Å². The van der Waals surface area contributed by atoms with Crippen molar-refractivity contribution in [1.82, 2.24) is 0 Å². The van der Waals surface area contributed by atoms with E-state index in [-0.39, 0.29) is 10.8 Å². The fourth-order valence-corrected chi connectivity index (χ4v) is 10.8. The highest BCUT2D eigenvalue weighted by Gasteiger charge is 2.53. The Balaban J connectivity index is 1.09. The third kappa shape index (κ3) is 4.32. The van der Waals surface area contributed by atoms with E-state index in [2.05, 4.69) is 207 Å². The molecule has 8 aromatic carbocycles. The molecule has 11 rings (SSSR count). The highest BCUT2D eigenvalue weighted by molar-refractivity contribution is 7.25. The second-order valence-electron chi connectivity index (χ2n) is 15.3. The standard InChI is InChI=1S/C52H37NS/c1-51(2)45-22-9-11-24-47(45)52(48-25-12-10-23-46(48)51)43-21-8-6-19-39(43)41-32-35(27-29-44(41)52)34-15-14-18-37(31-34)53(36-16-4-3-5-17-36)38-28-30-50-42(33-38)40-20-7-13-26-49(40)54-50/h3-33H,1-2H3. The molecule has 2 heteroatoms. The lowest BCUT2D eigenvalue weighted by Gasteiger charge is -2.46. The number of benzene rings is 8. The zero-order chi connectivity index (χ0) is 36.0. The van der Waals surface area contributed by atoms with Crippen molar-refractivity contribution in [1.29, 1.82) is 0 Å². The van der Waals surface area contributed by atoms with Crippen molar-refractivity contribution in [2.45, 2.75) is 24.7 Å². The zero-order valence-corrected chi connectivity index (χ0v) is 31.1. The van der Waals surface area contributed by atoms with Crippen LogP contribution in [-0.2, 0) is 10.8 Å². The smallest absolute Gasteiger partial charge is 0.0719 e. The van der Waals surface area contributed by atoms with Gasteiger partial charge in [-0.3, -0.25) is 0 Å². The minimum Gasteiger partial charge on any atom is -0.310 e. The quantitative estimate of drug-likeness (QED) is 0.176. The van der Waals surface area contributed by atoms with E-state index in [1.165, 1.54) is 75.8 Å². The van der Waals surface area contributed by atoms with Crippen molar-refractivity contribution in [3.63, 3.8) is 0 Å². The Morgan fingerprint density at radius 3 is 1.72 bits per heavy atom. The van der Waals surface area contributed by atoms with Gasteiger partial charge in [-0.1, -0.05) is 147 Å². The largest absolute Gasteiger partial charge is 0.310 e. The van der Waals surface area contributed by atoms with E-state index < -0.39 is 0 Å². The van der Waals surface area contributed by atoms with Crippen LogP contribution in [0.4, 0.5) is 17.1 Å². The van der Waals surface area contributed by atoms with Gasteiger partial charge in [-0.15, -0.1) is 11.3 Å². The SMILES string of the molecule is CC1(C)c2ccccc2C2(c3ccccc3-c3cc(-c4cccc(N(c5ccccc5)c5ccc6sc7ccccc7c6c5)c4)ccc32)c2ccccc21. The fraction of sp³-hybridized carbons (Fsp3) is 0.0769. The molecule has 0 atom stereocenters. The average Bonchev–Trinajstić information content (AvgIpc) is 3.74. The number of anilines is 3. The summed E-state index contributed by atoms with van der Waals surface area (Å²) < 4.78 is 2.63. The average molecular weight is 708 g/mol. The monoisotopic (exact) mass is 707 g/mol. The van der Waals surface area contributed by atoms with Crippen LogP contribution in [0.3, 0.4) is 0 Å². The molecule has 0 radical (unpaired) electrons. The van der Waals surface area contributed by atoms with E-state index in [1.807, 2.05) is 11.3 Å². The molecule has 1 spiro atoms. The molecule has 0 bridgehead atoms. The van der Waals surface area contributed by atoms with Gasteiger partial charge in [-0.2, -0.15) is 0 Å². The second kappa shape index (κ2) is 11.6. The van der Waals surface area contributed by atoms with E-state index in [1.54, 1.807) is 0 Å². The van der Waals surface area contributed by atoms with Crippen LogP contribution in [0.25, 0.3) is 42.4 Å². The fourth-order valence-electron chi connectivity index (χ4n) is 9.75. The summed E-state index contributed by atoms with van der Waals surface area (Å²) in [5.74, 6) is 0. The highest BCUT2D eigenvalue weighted by atomic mass is 32.1. The van der Waals surface area contributed by atoms with Crippen molar-refractivity contribution < 1.29 is 0 Å². The normalized spacial score (nSPS) is 14.4.